The molecule has 2 heterocycles. The minimum atomic E-state index is -0.433. The molecule has 2 rings (SSSR count). The van der Waals surface area contributed by atoms with Gasteiger partial charge in [-0.05, 0) is 25.5 Å². The summed E-state index contributed by atoms with van der Waals surface area (Å²) < 4.78 is 4.85. The van der Waals surface area contributed by atoms with Crippen molar-refractivity contribution in [2.45, 2.75) is 13.8 Å². The fourth-order valence-corrected chi connectivity index (χ4v) is 2.01. The molecule has 0 aromatic carbocycles. The van der Waals surface area contributed by atoms with E-state index >= 15 is 0 Å². The molecule has 0 fully saturated rings. The molecular weight excluding hydrogens is 238 g/mol. The number of hydrogen-bond donors (Lipinski definition) is 0. The topological polar surface area (TPSA) is 65.0 Å². The van der Waals surface area contributed by atoms with Gasteiger partial charge in [-0.3, -0.25) is 4.98 Å². The first-order chi connectivity index (χ1) is 8.20. The lowest BCUT2D eigenvalue weighted by atomic mass is 10.2. The maximum atomic E-state index is 11.4. The van der Waals surface area contributed by atoms with Crippen LogP contribution < -0.4 is 0 Å². The number of ether oxygens (including phenoxy) is 1. The minimum Gasteiger partial charge on any atom is -0.461 e. The standard InChI is InChI=1S/C11H11N3O2S/c1-3-16-11(15)10-14-13-9(17-10)8-4-7(2)5-12-6-8/h4-6H,3H2,1-2H3. The lowest BCUT2D eigenvalue weighted by Crippen LogP contribution is -2.03. The molecule has 2 aromatic heterocycles. The van der Waals surface area contributed by atoms with Crippen molar-refractivity contribution < 1.29 is 9.53 Å². The highest BCUT2D eigenvalue weighted by molar-refractivity contribution is 7.16. The summed E-state index contributed by atoms with van der Waals surface area (Å²) in [6.45, 7) is 4.04. The van der Waals surface area contributed by atoms with Crippen LogP contribution >= 0.6 is 11.3 Å². The number of esters is 1. The molecule has 2 aromatic rings. The molecule has 5 nitrogen and oxygen atoms in total. The smallest absolute Gasteiger partial charge is 0.369 e. The third kappa shape index (κ3) is 2.65. The number of carbonyl (C=O) groups excluding carboxylic acids is 1. The maximum absolute atomic E-state index is 11.4. The van der Waals surface area contributed by atoms with Crippen LogP contribution in [0, 0.1) is 6.92 Å². The second kappa shape index (κ2) is 5.01. The fraction of sp³-hybridized carbons (Fsp3) is 0.273. The van der Waals surface area contributed by atoms with Gasteiger partial charge >= 0.3 is 5.97 Å². The molecule has 0 spiro atoms. The van der Waals surface area contributed by atoms with Crippen molar-refractivity contribution in [1.29, 1.82) is 0 Å². The number of carbonyl (C=O) groups is 1. The van der Waals surface area contributed by atoms with Crippen molar-refractivity contribution in [2.24, 2.45) is 0 Å². The monoisotopic (exact) mass is 249 g/mol. The molecule has 0 bridgehead atoms. The highest BCUT2D eigenvalue weighted by atomic mass is 32.1. The normalized spacial score (nSPS) is 10.2. The summed E-state index contributed by atoms with van der Waals surface area (Å²) >= 11 is 1.21. The molecule has 17 heavy (non-hydrogen) atoms. The van der Waals surface area contributed by atoms with Gasteiger partial charge in [-0.25, -0.2) is 4.79 Å². The Morgan fingerprint density at radius 2 is 2.24 bits per heavy atom. The first kappa shape index (κ1) is 11.7. The summed E-state index contributed by atoms with van der Waals surface area (Å²) in [7, 11) is 0. The first-order valence-corrected chi connectivity index (χ1v) is 5.95. The number of nitrogens with zero attached hydrogens (tertiary/aromatic N) is 3. The van der Waals surface area contributed by atoms with Crippen molar-refractivity contribution in [3.05, 3.63) is 29.0 Å². The van der Waals surface area contributed by atoms with Crippen molar-refractivity contribution in [2.75, 3.05) is 6.61 Å². The summed E-state index contributed by atoms with van der Waals surface area (Å²) in [5, 5.41) is 8.70. The largest absolute Gasteiger partial charge is 0.461 e. The second-order valence-corrected chi connectivity index (χ2v) is 4.36. The third-order valence-corrected chi connectivity index (χ3v) is 2.95. The SMILES string of the molecule is CCOC(=O)c1nnc(-c2cncc(C)c2)s1. The molecule has 0 N–H and O–H groups in total. The van der Waals surface area contributed by atoms with E-state index in [0.717, 1.165) is 11.1 Å². The van der Waals surface area contributed by atoms with Crippen LogP contribution in [-0.2, 0) is 4.74 Å². The Bertz CT molecular complexity index is 539. The predicted octanol–water partition coefficient (Wildman–Crippen LogP) is 2.09. The van der Waals surface area contributed by atoms with Gasteiger partial charge in [0.05, 0.1) is 6.61 Å². The first-order valence-electron chi connectivity index (χ1n) is 5.13. The maximum Gasteiger partial charge on any atom is 0.369 e. The second-order valence-electron chi connectivity index (χ2n) is 3.38. The quantitative estimate of drug-likeness (QED) is 0.779. The van der Waals surface area contributed by atoms with Gasteiger partial charge in [0.25, 0.3) is 0 Å². The molecule has 0 aliphatic heterocycles. The molecule has 0 aliphatic carbocycles. The Morgan fingerprint density at radius 3 is 2.94 bits per heavy atom. The lowest BCUT2D eigenvalue weighted by molar-refractivity contribution is 0.0525. The number of pyridine rings is 1. The zero-order chi connectivity index (χ0) is 12.3. The van der Waals surface area contributed by atoms with Crippen LogP contribution in [0.1, 0.15) is 22.3 Å². The summed E-state index contributed by atoms with van der Waals surface area (Å²) in [6.07, 6.45) is 3.46. The Kier molecular flexibility index (Phi) is 3.43. The van der Waals surface area contributed by atoms with Crippen LogP contribution in [0.15, 0.2) is 18.5 Å². The predicted molar refractivity (Wildman–Crippen MR) is 63.8 cm³/mol. The number of aromatic nitrogens is 3. The molecule has 0 radical (unpaired) electrons. The van der Waals surface area contributed by atoms with Crippen LogP contribution in [0.3, 0.4) is 0 Å². The van der Waals surface area contributed by atoms with Gasteiger partial charge in [0.15, 0.2) is 0 Å². The highest BCUT2D eigenvalue weighted by Gasteiger charge is 2.14. The van der Waals surface area contributed by atoms with E-state index in [-0.39, 0.29) is 5.01 Å². The highest BCUT2D eigenvalue weighted by Crippen LogP contribution is 2.23. The zero-order valence-corrected chi connectivity index (χ0v) is 10.3. The van der Waals surface area contributed by atoms with E-state index in [4.69, 9.17) is 4.74 Å². The van der Waals surface area contributed by atoms with E-state index in [0.29, 0.717) is 11.6 Å². The average molecular weight is 249 g/mol. The van der Waals surface area contributed by atoms with Crippen molar-refractivity contribution >= 4 is 17.3 Å². The molecule has 0 unspecified atom stereocenters. The van der Waals surface area contributed by atoms with Gasteiger partial charge in [-0.15, -0.1) is 10.2 Å². The zero-order valence-electron chi connectivity index (χ0n) is 9.51. The molecule has 6 heteroatoms. The van der Waals surface area contributed by atoms with Gasteiger partial charge < -0.3 is 4.74 Å². The van der Waals surface area contributed by atoms with Crippen LogP contribution in [0.25, 0.3) is 10.6 Å². The van der Waals surface area contributed by atoms with Gasteiger partial charge in [-0.2, -0.15) is 0 Å². The van der Waals surface area contributed by atoms with Crippen molar-refractivity contribution in [3.63, 3.8) is 0 Å². The van der Waals surface area contributed by atoms with E-state index in [1.807, 2.05) is 13.0 Å². The van der Waals surface area contributed by atoms with Gasteiger partial charge in [0, 0.05) is 18.0 Å². The summed E-state index contributed by atoms with van der Waals surface area (Å²) in [5.74, 6) is -0.433. The molecule has 0 amide bonds. The number of rotatable bonds is 3. The van der Waals surface area contributed by atoms with Gasteiger partial charge in [-0.1, -0.05) is 11.3 Å². The summed E-state index contributed by atoms with van der Waals surface area (Å²) in [4.78, 5) is 15.5. The third-order valence-electron chi connectivity index (χ3n) is 2.00. The Hall–Kier alpha value is -1.82. The molecule has 88 valence electrons. The summed E-state index contributed by atoms with van der Waals surface area (Å²) in [5.41, 5.74) is 1.90. The van der Waals surface area contributed by atoms with Crippen molar-refractivity contribution in [1.82, 2.24) is 15.2 Å². The Labute approximate surface area is 102 Å². The lowest BCUT2D eigenvalue weighted by Gasteiger charge is -1.96. The molecule has 0 aliphatic rings. The van der Waals surface area contributed by atoms with Gasteiger partial charge in [0.1, 0.15) is 5.01 Å². The number of aryl methyl sites for hydroxylation is 1. The van der Waals surface area contributed by atoms with E-state index in [9.17, 15) is 4.79 Å². The Balaban J connectivity index is 2.27. The Morgan fingerprint density at radius 1 is 1.41 bits per heavy atom. The minimum absolute atomic E-state index is 0.267. The van der Waals surface area contributed by atoms with Crippen molar-refractivity contribution in [3.8, 4) is 10.6 Å². The van der Waals surface area contributed by atoms with Crippen LogP contribution in [0.2, 0.25) is 0 Å². The van der Waals surface area contributed by atoms with Crippen LogP contribution in [0.4, 0.5) is 0 Å². The van der Waals surface area contributed by atoms with E-state index in [1.165, 1.54) is 11.3 Å². The van der Waals surface area contributed by atoms with Crippen LogP contribution in [-0.4, -0.2) is 27.8 Å². The van der Waals surface area contributed by atoms with E-state index in [2.05, 4.69) is 15.2 Å². The average Bonchev–Trinajstić information content (AvgIpc) is 2.78. The van der Waals surface area contributed by atoms with Gasteiger partial charge in [0.2, 0.25) is 5.01 Å². The van der Waals surface area contributed by atoms with E-state index < -0.39 is 5.97 Å². The summed E-state index contributed by atoms with van der Waals surface area (Å²) in [6, 6.07) is 1.95. The fourth-order valence-electron chi connectivity index (χ4n) is 1.29. The molecule has 0 saturated heterocycles. The van der Waals surface area contributed by atoms with Crippen LogP contribution in [0.5, 0.6) is 0 Å². The number of hydrogen-bond acceptors (Lipinski definition) is 6. The van der Waals surface area contributed by atoms with E-state index in [1.54, 1.807) is 19.3 Å². The molecule has 0 saturated carbocycles. The molecular formula is C11H11N3O2S. The molecule has 0 atom stereocenters.